The number of hydrogen-bond donors (Lipinski definition) is 0. The molecular formula is C19H30N2O2. The number of likely N-dealkylation sites (tertiary alicyclic amines) is 2. The highest BCUT2D eigenvalue weighted by molar-refractivity contribution is 5.97. The first-order valence-corrected chi connectivity index (χ1v) is 9.27. The van der Waals surface area contributed by atoms with Gasteiger partial charge in [-0.25, -0.2) is 0 Å². The first-order valence-electron chi connectivity index (χ1n) is 9.27. The molecule has 0 aromatic rings. The molecule has 0 bridgehead atoms. The molecule has 4 heteroatoms. The van der Waals surface area contributed by atoms with Crippen molar-refractivity contribution in [2.24, 2.45) is 17.8 Å². The lowest BCUT2D eigenvalue weighted by molar-refractivity contribution is -0.142. The van der Waals surface area contributed by atoms with Crippen molar-refractivity contribution >= 4 is 11.8 Å². The molecule has 1 aliphatic carbocycles. The van der Waals surface area contributed by atoms with Crippen LogP contribution in [-0.4, -0.2) is 47.8 Å². The highest BCUT2D eigenvalue weighted by atomic mass is 16.2. The van der Waals surface area contributed by atoms with Gasteiger partial charge in [-0.1, -0.05) is 25.5 Å². The Morgan fingerprint density at radius 1 is 1.09 bits per heavy atom. The summed E-state index contributed by atoms with van der Waals surface area (Å²) in [4.78, 5) is 28.8. The van der Waals surface area contributed by atoms with Gasteiger partial charge in [0.2, 0.25) is 11.8 Å². The number of allylic oxidation sites excluding steroid dienone is 1. The van der Waals surface area contributed by atoms with Crippen LogP contribution in [0, 0.1) is 17.8 Å². The van der Waals surface area contributed by atoms with E-state index in [2.05, 4.69) is 19.9 Å². The standard InChI is InChI=1S/C19H30N2O2/c1-14-9-15(2)12-21(11-14)19(23)10-18(22)20-8-7-16-5-3-4-6-17(16)13-20/h6,14-16H,3-5,7-13H2,1-2H3. The fraction of sp³-hybridized carbons (Fsp3) is 0.789. The topological polar surface area (TPSA) is 40.6 Å². The first kappa shape index (κ1) is 16.5. The van der Waals surface area contributed by atoms with Crippen LogP contribution in [0.15, 0.2) is 11.6 Å². The lowest BCUT2D eigenvalue weighted by Crippen LogP contribution is -2.46. The maximum absolute atomic E-state index is 12.5. The highest BCUT2D eigenvalue weighted by Gasteiger charge is 2.31. The quantitative estimate of drug-likeness (QED) is 0.580. The third kappa shape index (κ3) is 3.96. The zero-order valence-corrected chi connectivity index (χ0v) is 14.6. The van der Waals surface area contributed by atoms with Crippen LogP contribution in [0.4, 0.5) is 0 Å². The zero-order chi connectivity index (χ0) is 16.4. The average molecular weight is 318 g/mol. The van der Waals surface area contributed by atoms with Crippen LogP contribution in [0.5, 0.6) is 0 Å². The maximum Gasteiger partial charge on any atom is 0.232 e. The predicted octanol–water partition coefficient (Wildman–Crippen LogP) is 2.84. The number of nitrogens with zero attached hydrogens (tertiary/aromatic N) is 2. The summed E-state index contributed by atoms with van der Waals surface area (Å²) in [6.07, 6.45) is 8.34. The molecule has 0 aromatic carbocycles. The summed E-state index contributed by atoms with van der Waals surface area (Å²) in [6, 6.07) is 0. The first-order chi connectivity index (χ1) is 11.0. The minimum absolute atomic E-state index is 0.0193. The molecule has 3 unspecified atom stereocenters. The van der Waals surface area contributed by atoms with Gasteiger partial charge in [0, 0.05) is 26.2 Å². The second-order valence-corrected chi connectivity index (χ2v) is 7.93. The fourth-order valence-electron chi connectivity index (χ4n) is 4.57. The van der Waals surface area contributed by atoms with Gasteiger partial charge in [-0.2, -0.15) is 0 Å². The Labute approximate surface area is 139 Å². The SMILES string of the molecule is CC1CC(C)CN(C(=O)CC(=O)N2CCC3CCCC=C3C2)C1. The minimum atomic E-state index is 0.0193. The molecule has 3 atom stereocenters. The van der Waals surface area contributed by atoms with Gasteiger partial charge in [-0.05, 0) is 49.9 Å². The van der Waals surface area contributed by atoms with Crippen molar-refractivity contribution in [1.82, 2.24) is 9.80 Å². The Hall–Kier alpha value is -1.32. The molecule has 2 heterocycles. The molecule has 0 aromatic heterocycles. The van der Waals surface area contributed by atoms with E-state index < -0.39 is 0 Å². The second kappa shape index (κ2) is 7.06. The third-order valence-electron chi connectivity index (χ3n) is 5.69. The summed E-state index contributed by atoms with van der Waals surface area (Å²) in [6.45, 7) is 7.58. The average Bonchev–Trinajstić information content (AvgIpc) is 2.53. The normalized spacial score (nSPS) is 31.4. The molecule has 0 radical (unpaired) electrons. The van der Waals surface area contributed by atoms with Crippen LogP contribution >= 0.6 is 0 Å². The summed E-state index contributed by atoms with van der Waals surface area (Å²) in [5.41, 5.74) is 1.43. The van der Waals surface area contributed by atoms with Crippen molar-refractivity contribution in [1.29, 1.82) is 0 Å². The lowest BCUT2D eigenvalue weighted by atomic mass is 9.82. The van der Waals surface area contributed by atoms with E-state index in [9.17, 15) is 9.59 Å². The molecule has 2 aliphatic heterocycles. The number of rotatable bonds is 2. The van der Waals surface area contributed by atoms with Gasteiger partial charge in [0.25, 0.3) is 0 Å². The Kier molecular flexibility index (Phi) is 5.08. The molecule has 0 saturated carbocycles. The van der Waals surface area contributed by atoms with Crippen molar-refractivity contribution in [3.05, 3.63) is 11.6 Å². The van der Waals surface area contributed by atoms with E-state index in [1.54, 1.807) is 0 Å². The summed E-state index contributed by atoms with van der Waals surface area (Å²) in [7, 11) is 0. The minimum Gasteiger partial charge on any atom is -0.342 e. The predicted molar refractivity (Wildman–Crippen MR) is 90.8 cm³/mol. The largest absolute Gasteiger partial charge is 0.342 e. The smallest absolute Gasteiger partial charge is 0.232 e. The zero-order valence-electron chi connectivity index (χ0n) is 14.6. The van der Waals surface area contributed by atoms with E-state index in [4.69, 9.17) is 0 Å². The van der Waals surface area contributed by atoms with E-state index in [-0.39, 0.29) is 18.2 Å². The highest BCUT2D eigenvalue weighted by Crippen LogP contribution is 2.32. The van der Waals surface area contributed by atoms with Gasteiger partial charge < -0.3 is 9.80 Å². The maximum atomic E-state index is 12.5. The number of piperidine rings is 2. The van der Waals surface area contributed by atoms with Crippen LogP contribution in [0.3, 0.4) is 0 Å². The molecule has 0 N–H and O–H groups in total. The lowest BCUT2D eigenvalue weighted by Gasteiger charge is -2.37. The molecule has 23 heavy (non-hydrogen) atoms. The molecular weight excluding hydrogens is 288 g/mol. The number of hydrogen-bond acceptors (Lipinski definition) is 2. The van der Waals surface area contributed by atoms with Crippen molar-refractivity contribution in [3.8, 4) is 0 Å². The van der Waals surface area contributed by atoms with Gasteiger partial charge in [0.05, 0.1) is 0 Å². The van der Waals surface area contributed by atoms with Gasteiger partial charge >= 0.3 is 0 Å². The van der Waals surface area contributed by atoms with E-state index in [0.717, 1.165) is 39.0 Å². The molecule has 4 nitrogen and oxygen atoms in total. The summed E-state index contributed by atoms with van der Waals surface area (Å²) in [5.74, 6) is 1.81. The van der Waals surface area contributed by atoms with Crippen molar-refractivity contribution in [2.75, 3.05) is 26.2 Å². The van der Waals surface area contributed by atoms with Crippen LogP contribution in [0.25, 0.3) is 0 Å². The summed E-state index contributed by atoms with van der Waals surface area (Å²) < 4.78 is 0. The Morgan fingerprint density at radius 3 is 2.52 bits per heavy atom. The van der Waals surface area contributed by atoms with Crippen molar-refractivity contribution in [3.63, 3.8) is 0 Å². The van der Waals surface area contributed by atoms with Crippen LogP contribution in [0.2, 0.25) is 0 Å². The van der Waals surface area contributed by atoms with Crippen LogP contribution < -0.4 is 0 Å². The number of fused-ring (bicyclic) bond motifs is 1. The molecule has 3 rings (SSSR count). The van der Waals surface area contributed by atoms with Gasteiger partial charge in [-0.15, -0.1) is 0 Å². The second-order valence-electron chi connectivity index (χ2n) is 7.93. The third-order valence-corrected chi connectivity index (χ3v) is 5.69. The molecule has 2 fully saturated rings. The van der Waals surface area contributed by atoms with Gasteiger partial charge in [0.15, 0.2) is 0 Å². The molecule has 2 amide bonds. The molecule has 3 aliphatic rings. The van der Waals surface area contributed by atoms with Crippen LogP contribution in [0.1, 0.15) is 52.4 Å². The fourth-order valence-corrected chi connectivity index (χ4v) is 4.57. The molecule has 2 saturated heterocycles. The summed E-state index contributed by atoms with van der Waals surface area (Å²) >= 11 is 0. The number of carbonyl (C=O) groups is 2. The Balaban J connectivity index is 1.54. The summed E-state index contributed by atoms with van der Waals surface area (Å²) in [5, 5.41) is 0. The van der Waals surface area contributed by atoms with E-state index >= 15 is 0 Å². The van der Waals surface area contributed by atoms with Gasteiger partial charge in [-0.3, -0.25) is 9.59 Å². The monoisotopic (exact) mass is 318 g/mol. The van der Waals surface area contributed by atoms with Crippen molar-refractivity contribution in [2.45, 2.75) is 52.4 Å². The Bertz CT molecular complexity index is 490. The van der Waals surface area contributed by atoms with E-state index in [1.165, 1.54) is 24.8 Å². The number of carbonyl (C=O) groups excluding carboxylic acids is 2. The molecule has 0 spiro atoms. The van der Waals surface area contributed by atoms with E-state index in [1.807, 2.05) is 9.80 Å². The molecule has 128 valence electrons. The Morgan fingerprint density at radius 2 is 1.78 bits per heavy atom. The van der Waals surface area contributed by atoms with E-state index in [0.29, 0.717) is 17.8 Å². The van der Waals surface area contributed by atoms with Crippen molar-refractivity contribution < 1.29 is 9.59 Å². The van der Waals surface area contributed by atoms with Gasteiger partial charge in [0.1, 0.15) is 6.42 Å². The van der Waals surface area contributed by atoms with Crippen LogP contribution in [-0.2, 0) is 9.59 Å². The number of amides is 2.